The van der Waals surface area contributed by atoms with E-state index in [0.29, 0.717) is 41.3 Å². The quantitative estimate of drug-likeness (QED) is 0.722. The van der Waals surface area contributed by atoms with E-state index in [1.54, 1.807) is 19.2 Å². The highest BCUT2D eigenvalue weighted by molar-refractivity contribution is 5.81. The number of hydrogen-bond donors (Lipinski definition) is 1. The second-order valence-electron chi connectivity index (χ2n) is 6.21. The Morgan fingerprint density at radius 3 is 2.46 bits per heavy atom. The van der Waals surface area contributed by atoms with Crippen LogP contribution in [0.4, 0.5) is 0 Å². The molecule has 0 bridgehead atoms. The zero-order chi connectivity index (χ0) is 18.8. The molecular weight excluding hydrogens is 336 g/mol. The molecule has 3 rings (SSSR count). The van der Waals surface area contributed by atoms with E-state index in [9.17, 15) is 4.79 Å². The van der Waals surface area contributed by atoms with Gasteiger partial charge in [0.1, 0.15) is 11.6 Å². The highest BCUT2D eigenvalue weighted by Crippen LogP contribution is 2.30. The lowest BCUT2D eigenvalue weighted by atomic mass is 10.2. The smallest absolute Gasteiger partial charge is 0.258 e. The maximum Gasteiger partial charge on any atom is 0.258 e. The number of ether oxygens (including phenoxy) is 2. The second kappa shape index (κ2) is 7.17. The number of benzene rings is 1. The van der Waals surface area contributed by atoms with Gasteiger partial charge in [-0.25, -0.2) is 4.98 Å². The Bertz CT molecular complexity index is 973. The summed E-state index contributed by atoms with van der Waals surface area (Å²) in [6, 6.07) is 3.35. The Morgan fingerprint density at radius 2 is 1.85 bits per heavy atom. The molecule has 0 amide bonds. The number of aromatic nitrogens is 3. The topological polar surface area (TPSA) is 93.5 Å². The van der Waals surface area contributed by atoms with Crippen molar-refractivity contribution in [2.45, 2.75) is 26.9 Å². The van der Waals surface area contributed by atoms with Crippen molar-refractivity contribution >= 4 is 10.9 Å². The lowest BCUT2D eigenvalue weighted by Gasteiger charge is -2.16. The Kier molecular flexibility index (Phi) is 4.94. The maximum absolute atomic E-state index is 12.4. The van der Waals surface area contributed by atoms with E-state index >= 15 is 0 Å². The first kappa shape index (κ1) is 17.9. The molecule has 1 N–H and O–H groups in total. The summed E-state index contributed by atoms with van der Waals surface area (Å²) in [5.74, 6) is 2.40. The van der Waals surface area contributed by atoms with Gasteiger partial charge in [-0.05, 0) is 27.0 Å². The van der Waals surface area contributed by atoms with Crippen LogP contribution in [0.25, 0.3) is 10.9 Å². The number of rotatable bonds is 6. The van der Waals surface area contributed by atoms with Crippen molar-refractivity contribution in [3.8, 4) is 11.5 Å². The van der Waals surface area contributed by atoms with Crippen LogP contribution in [0.5, 0.6) is 11.5 Å². The highest BCUT2D eigenvalue weighted by Gasteiger charge is 2.14. The molecule has 8 heteroatoms. The molecule has 0 unspecified atom stereocenters. The summed E-state index contributed by atoms with van der Waals surface area (Å²) < 4.78 is 15.7. The number of methoxy groups -OCH3 is 2. The van der Waals surface area contributed by atoms with E-state index < -0.39 is 0 Å². The van der Waals surface area contributed by atoms with Gasteiger partial charge in [-0.2, -0.15) is 0 Å². The van der Waals surface area contributed by atoms with Gasteiger partial charge in [0, 0.05) is 18.2 Å². The van der Waals surface area contributed by atoms with Gasteiger partial charge in [0.15, 0.2) is 11.5 Å². The molecule has 0 saturated heterocycles. The van der Waals surface area contributed by atoms with Crippen molar-refractivity contribution in [3.05, 3.63) is 45.3 Å². The Hall–Kier alpha value is -2.87. The third kappa shape index (κ3) is 3.41. The average Bonchev–Trinajstić information content (AvgIpc) is 2.92. The summed E-state index contributed by atoms with van der Waals surface area (Å²) in [6.07, 6.45) is 0. The van der Waals surface area contributed by atoms with E-state index in [1.807, 2.05) is 25.8 Å². The monoisotopic (exact) mass is 358 g/mol. The Morgan fingerprint density at radius 1 is 1.15 bits per heavy atom. The number of nitrogens with one attached hydrogen (secondary N) is 1. The van der Waals surface area contributed by atoms with Crippen LogP contribution in [-0.4, -0.2) is 41.3 Å². The first-order valence-corrected chi connectivity index (χ1v) is 8.18. The SMILES string of the molecule is COc1cc2nc(CN(C)Cc3c(C)noc3C)[nH]c(=O)c2cc1OC. The van der Waals surface area contributed by atoms with Crippen molar-refractivity contribution in [1.82, 2.24) is 20.0 Å². The fourth-order valence-electron chi connectivity index (χ4n) is 2.90. The molecule has 1 aromatic carbocycles. The standard InChI is InChI=1S/C18H22N4O4/c1-10-13(11(2)26-21-10)8-22(3)9-17-19-14-7-16(25-5)15(24-4)6-12(14)18(23)20-17/h6-7H,8-9H2,1-5H3,(H,19,20,23). The van der Waals surface area contributed by atoms with Gasteiger partial charge < -0.3 is 19.0 Å². The molecule has 26 heavy (non-hydrogen) atoms. The van der Waals surface area contributed by atoms with Crippen LogP contribution in [0.1, 0.15) is 22.8 Å². The highest BCUT2D eigenvalue weighted by atomic mass is 16.5. The summed E-state index contributed by atoms with van der Waals surface area (Å²) >= 11 is 0. The minimum absolute atomic E-state index is 0.211. The number of H-pyrrole nitrogens is 1. The number of nitrogens with zero attached hydrogens (tertiary/aromatic N) is 3. The fourth-order valence-corrected chi connectivity index (χ4v) is 2.90. The fraction of sp³-hybridized carbons (Fsp3) is 0.389. The summed E-state index contributed by atoms with van der Waals surface area (Å²) in [4.78, 5) is 21.9. The lowest BCUT2D eigenvalue weighted by Crippen LogP contribution is -2.22. The molecule has 0 fully saturated rings. The predicted octanol–water partition coefficient (Wildman–Crippen LogP) is 2.18. The molecule has 0 aliphatic carbocycles. The molecule has 0 atom stereocenters. The molecule has 2 heterocycles. The summed E-state index contributed by atoms with van der Waals surface area (Å²) in [7, 11) is 5.03. The van der Waals surface area contributed by atoms with Gasteiger partial charge in [-0.3, -0.25) is 9.69 Å². The molecule has 3 aromatic rings. The van der Waals surface area contributed by atoms with E-state index in [0.717, 1.165) is 17.0 Å². The van der Waals surface area contributed by atoms with Gasteiger partial charge >= 0.3 is 0 Å². The number of hydrogen-bond acceptors (Lipinski definition) is 7. The summed E-state index contributed by atoms with van der Waals surface area (Å²) in [5.41, 5.74) is 2.26. The normalized spacial score (nSPS) is 11.3. The summed E-state index contributed by atoms with van der Waals surface area (Å²) in [5, 5.41) is 4.42. The van der Waals surface area contributed by atoms with Gasteiger partial charge in [-0.15, -0.1) is 0 Å². The van der Waals surface area contributed by atoms with Crippen molar-refractivity contribution in [2.24, 2.45) is 0 Å². The van der Waals surface area contributed by atoms with Crippen molar-refractivity contribution < 1.29 is 14.0 Å². The molecular formula is C18H22N4O4. The number of fused-ring (bicyclic) bond motifs is 1. The van der Waals surface area contributed by atoms with Crippen molar-refractivity contribution in [1.29, 1.82) is 0 Å². The van der Waals surface area contributed by atoms with Crippen molar-refractivity contribution in [2.75, 3.05) is 21.3 Å². The van der Waals surface area contributed by atoms with Crippen molar-refractivity contribution in [3.63, 3.8) is 0 Å². The number of aryl methyl sites for hydroxylation is 2. The van der Waals surface area contributed by atoms with E-state index in [-0.39, 0.29) is 5.56 Å². The van der Waals surface area contributed by atoms with Gasteiger partial charge in [0.25, 0.3) is 5.56 Å². The van der Waals surface area contributed by atoms with Crippen LogP contribution >= 0.6 is 0 Å². The van der Waals surface area contributed by atoms with Gasteiger partial charge in [0.2, 0.25) is 0 Å². The van der Waals surface area contributed by atoms with Crippen LogP contribution in [-0.2, 0) is 13.1 Å². The third-order valence-corrected chi connectivity index (χ3v) is 4.29. The zero-order valence-corrected chi connectivity index (χ0v) is 15.5. The molecule has 0 aliphatic heterocycles. The molecule has 138 valence electrons. The summed E-state index contributed by atoms with van der Waals surface area (Å²) in [6.45, 7) is 4.92. The molecule has 0 saturated carbocycles. The first-order valence-electron chi connectivity index (χ1n) is 8.18. The molecule has 0 radical (unpaired) electrons. The van der Waals surface area contributed by atoms with Crippen LogP contribution in [0.3, 0.4) is 0 Å². The lowest BCUT2D eigenvalue weighted by molar-refractivity contribution is 0.307. The van der Waals surface area contributed by atoms with E-state index in [1.165, 1.54) is 7.11 Å². The molecule has 0 spiro atoms. The average molecular weight is 358 g/mol. The molecule has 2 aromatic heterocycles. The minimum Gasteiger partial charge on any atom is -0.493 e. The Balaban J connectivity index is 1.89. The van der Waals surface area contributed by atoms with Crippen LogP contribution in [0.2, 0.25) is 0 Å². The largest absolute Gasteiger partial charge is 0.493 e. The minimum atomic E-state index is -0.211. The predicted molar refractivity (Wildman–Crippen MR) is 96.6 cm³/mol. The zero-order valence-electron chi connectivity index (χ0n) is 15.5. The van der Waals surface area contributed by atoms with Gasteiger partial charge in [0.05, 0.1) is 37.4 Å². The molecule has 8 nitrogen and oxygen atoms in total. The number of aromatic amines is 1. The molecule has 0 aliphatic rings. The van der Waals surface area contributed by atoms with E-state index in [4.69, 9.17) is 14.0 Å². The maximum atomic E-state index is 12.4. The first-order chi connectivity index (χ1) is 12.4. The van der Waals surface area contributed by atoms with Crippen LogP contribution in [0.15, 0.2) is 21.5 Å². The van der Waals surface area contributed by atoms with E-state index in [2.05, 4.69) is 15.1 Å². The Labute approximate surface area is 150 Å². The van der Waals surface area contributed by atoms with Crippen LogP contribution < -0.4 is 15.0 Å². The van der Waals surface area contributed by atoms with Crippen LogP contribution in [0, 0.1) is 13.8 Å². The third-order valence-electron chi connectivity index (χ3n) is 4.29. The van der Waals surface area contributed by atoms with Gasteiger partial charge in [-0.1, -0.05) is 5.16 Å². The second-order valence-corrected chi connectivity index (χ2v) is 6.21.